The first-order chi connectivity index (χ1) is 8.02. The molecule has 0 fully saturated rings. The summed E-state index contributed by atoms with van der Waals surface area (Å²) in [5.41, 5.74) is 2.64. The molecule has 0 amide bonds. The van der Waals surface area contributed by atoms with Gasteiger partial charge in [-0.25, -0.2) is 0 Å². The highest BCUT2D eigenvalue weighted by Gasteiger charge is 2.23. The van der Waals surface area contributed by atoms with Crippen LogP contribution in [0.2, 0.25) is 0 Å². The van der Waals surface area contributed by atoms with Crippen LogP contribution in [0.4, 0.5) is 11.4 Å². The summed E-state index contributed by atoms with van der Waals surface area (Å²) in [6.07, 6.45) is 0. The van der Waals surface area contributed by atoms with Crippen LogP contribution in [0.15, 0.2) is 22.7 Å². The molecule has 17 heavy (non-hydrogen) atoms. The van der Waals surface area contributed by atoms with Crippen LogP contribution in [0.5, 0.6) is 0 Å². The molecule has 0 spiro atoms. The molecule has 4 heteroatoms. The van der Waals surface area contributed by atoms with Gasteiger partial charge < -0.3 is 15.5 Å². The summed E-state index contributed by atoms with van der Waals surface area (Å²) >= 11 is 3.51. The Morgan fingerprint density at radius 1 is 1.47 bits per heavy atom. The molecule has 1 aromatic rings. The lowest BCUT2D eigenvalue weighted by Gasteiger charge is -2.38. The van der Waals surface area contributed by atoms with Crippen LogP contribution >= 0.6 is 15.9 Å². The molecule has 1 aromatic carbocycles. The minimum Gasteiger partial charge on any atom is -0.382 e. The second kappa shape index (κ2) is 4.86. The Hall–Kier alpha value is -0.740. The number of likely N-dealkylation sites (N-methyl/N-ethyl adjacent to an activating group) is 1. The predicted molar refractivity (Wildman–Crippen MR) is 78.0 cm³/mol. The van der Waals surface area contributed by atoms with E-state index in [2.05, 4.69) is 63.5 Å². The first-order valence-electron chi connectivity index (χ1n) is 5.99. The smallest absolute Gasteiger partial charge is 0.0604 e. The van der Waals surface area contributed by atoms with E-state index in [0.29, 0.717) is 0 Å². The Labute approximate surface area is 112 Å². The van der Waals surface area contributed by atoms with E-state index in [9.17, 15) is 0 Å². The standard InChI is InChI=1S/C13H20BrN3/c1-13(2,15-3)9-17-7-6-16-11-8-10(14)4-5-12(11)17/h4-5,8,15-16H,6-7,9H2,1-3H3. The lowest BCUT2D eigenvalue weighted by molar-refractivity contribution is 0.420. The van der Waals surface area contributed by atoms with Gasteiger partial charge in [-0.3, -0.25) is 0 Å². The molecule has 3 nitrogen and oxygen atoms in total. The second-order valence-corrected chi connectivity index (χ2v) is 6.06. The van der Waals surface area contributed by atoms with E-state index in [-0.39, 0.29) is 5.54 Å². The zero-order valence-electron chi connectivity index (χ0n) is 10.7. The number of fused-ring (bicyclic) bond motifs is 1. The number of nitrogens with zero attached hydrogens (tertiary/aromatic N) is 1. The number of benzene rings is 1. The zero-order valence-corrected chi connectivity index (χ0v) is 12.3. The topological polar surface area (TPSA) is 27.3 Å². The molecule has 0 bridgehead atoms. The molecule has 0 aliphatic carbocycles. The number of hydrogen-bond acceptors (Lipinski definition) is 3. The van der Waals surface area contributed by atoms with Crippen LogP contribution in [0.25, 0.3) is 0 Å². The number of hydrogen-bond donors (Lipinski definition) is 2. The maximum Gasteiger partial charge on any atom is 0.0604 e. The molecule has 0 aromatic heterocycles. The van der Waals surface area contributed by atoms with Crippen molar-refractivity contribution < 1.29 is 0 Å². The second-order valence-electron chi connectivity index (χ2n) is 5.14. The van der Waals surface area contributed by atoms with Crippen molar-refractivity contribution in [3.8, 4) is 0 Å². The van der Waals surface area contributed by atoms with Crippen molar-refractivity contribution in [2.45, 2.75) is 19.4 Å². The highest BCUT2D eigenvalue weighted by molar-refractivity contribution is 9.10. The fraction of sp³-hybridized carbons (Fsp3) is 0.538. The fourth-order valence-corrected chi connectivity index (χ4v) is 2.45. The molecule has 1 heterocycles. The first kappa shape index (κ1) is 12.7. The number of rotatable bonds is 3. The molecule has 0 saturated heterocycles. The van der Waals surface area contributed by atoms with E-state index in [1.165, 1.54) is 11.4 Å². The molecular formula is C13H20BrN3. The number of nitrogens with one attached hydrogen (secondary N) is 2. The Kier molecular flexibility index (Phi) is 3.64. The van der Waals surface area contributed by atoms with Gasteiger partial charge in [-0.05, 0) is 39.1 Å². The molecule has 0 atom stereocenters. The van der Waals surface area contributed by atoms with Crippen LogP contribution in [-0.4, -0.2) is 32.2 Å². The van der Waals surface area contributed by atoms with Crippen molar-refractivity contribution in [3.05, 3.63) is 22.7 Å². The molecule has 1 aliphatic rings. The Morgan fingerprint density at radius 3 is 2.94 bits per heavy atom. The Balaban J connectivity index is 2.23. The van der Waals surface area contributed by atoms with Crippen molar-refractivity contribution in [2.75, 3.05) is 36.9 Å². The molecule has 0 saturated carbocycles. The maximum absolute atomic E-state index is 3.51. The largest absolute Gasteiger partial charge is 0.382 e. The van der Waals surface area contributed by atoms with Gasteiger partial charge in [0.05, 0.1) is 11.4 Å². The zero-order chi connectivity index (χ0) is 12.5. The van der Waals surface area contributed by atoms with E-state index in [0.717, 1.165) is 24.1 Å². The van der Waals surface area contributed by atoms with Crippen molar-refractivity contribution in [1.82, 2.24) is 5.32 Å². The third-order valence-corrected chi connectivity index (χ3v) is 3.75. The molecule has 2 rings (SSSR count). The quantitative estimate of drug-likeness (QED) is 0.898. The normalized spacial score (nSPS) is 15.4. The monoisotopic (exact) mass is 297 g/mol. The van der Waals surface area contributed by atoms with Gasteiger partial charge in [-0.2, -0.15) is 0 Å². The predicted octanol–water partition coefficient (Wildman–Crippen LogP) is 2.68. The van der Waals surface area contributed by atoms with E-state index >= 15 is 0 Å². The summed E-state index contributed by atoms with van der Waals surface area (Å²) < 4.78 is 1.12. The van der Waals surface area contributed by atoms with Gasteiger partial charge in [0, 0.05) is 29.6 Å². The maximum atomic E-state index is 3.51. The van der Waals surface area contributed by atoms with E-state index in [1.807, 2.05) is 7.05 Å². The molecule has 0 radical (unpaired) electrons. The first-order valence-corrected chi connectivity index (χ1v) is 6.78. The minimum absolute atomic E-state index is 0.127. The van der Waals surface area contributed by atoms with Gasteiger partial charge in [-0.15, -0.1) is 0 Å². The Bertz CT molecular complexity index is 404. The van der Waals surface area contributed by atoms with Gasteiger partial charge in [-0.1, -0.05) is 15.9 Å². The van der Waals surface area contributed by atoms with Gasteiger partial charge >= 0.3 is 0 Å². The van der Waals surface area contributed by atoms with Crippen molar-refractivity contribution in [3.63, 3.8) is 0 Å². The lowest BCUT2D eigenvalue weighted by Crippen LogP contribution is -2.49. The summed E-state index contributed by atoms with van der Waals surface area (Å²) in [6, 6.07) is 6.43. The van der Waals surface area contributed by atoms with Gasteiger partial charge in [0.1, 0.15) is 0 Å². The minimum atomic E-state index is 0.127. The highest BCUT2D eigenvalue weighted by Crippen LogP contribution is 2.32. The number of halogens is 1. The van der Waals surface area contributed by atoms with E-state index < -0.39 is 0 Å². The third-order valence-electron chi connectivity index (χ3n) is 3.26. The van der Waals surface area contributed by atoms with Crippen LogP contribution in [-0.2, 0) is 0 Å². The van der Waals surface area contributed by atoms with Crippen molar-refractivity contribution in [1.29, 1.82) is 0 Å². The molecule has 0 unspecified atom stereocenters. The van der Waals surface area contributed by atoms with Gasteiger partial charge in [0.15, 0.2) is 0 Å². The molecule has 94 valence electrons. The van der Waals surface area contributed by atoms with Crippen LogP contribution < -0.4 is 15.5 Å². The fourth-order valence-electron chi connectivity index (χ4n) is 2.09. The molecule has 1 aliphatic heterocycles. The van der Waals surface area contributed by atoms with E-state index in [4.69, 9.17) is 0 Å². The van der Waals surface area contributed by atoms with Crippen molar-refractivity contribution >= 4 is 27.3 Å². The lowest BCUT2D eigenvalue weighted by atomic mass is 10.0. The van der Waals surface area contributed by atoms with Gasteiger partial charge in [0.2, 0.25) is 0 Å². The van der Waals surface area contributed by atoms with Crippen LogP contribution in [0.3, 0.4) is 0 Å². The van der Waals surface area contributed by atoms with E-state index in [1.54, 1.807) is 0 Å². The third kappa shape index (κ3) is 2.93. The molecule has 2 N–H and O–H groups in total. The highest BCUT2D eigenvalue weighted by atomic mass is 79.9. The summed E-state index contributed by atoms with van der Waals surface area (Å²) in [5.74, 6) is 0. The summed E-state index contributed by atoms with van der Waals surface area (Å²) in [4.78, 5) is 2.44. The van der Waals surface area contributed by atoms with Gasteiger partial charge in [0.25, 0.3) is 0 Å². The van der Waals surface area contributed by atoms with Crippen LogP contribution in [0, 0.1) is 0 Å². The van der Waals surface area contributed by atoms with Crippen LogP contribution in [0.1, 0.15) is 13.8 Å². The average molecular weight is 298 g/mol. The summed E-state index contributed by atoms with van der Waals surface area (Å²) in [5, 5.41) is 6.80. The Morgan fingerprint density at radius 2 is 2.24 bits per heavy atom. The van der Waals surface area contributed by atoms with Crippen molar-refractivity contribution in [2.24, 2.45) is 0 Å². The summed E-state index contributed by atoms with van der Waals surface area (Å²) in [7, 11) is 2.02. The SMILES string of the molecule is CNC(C)(C)CN1CCNc2cc(Br)ccc21. The number of anilines is 2. The summed E-state index contributed by atoms with van der Waals surface area (Å²) in [6.45, 7) is 7.53. The molecular weight excluding hydrogens is 278 g/mol. The average Bonchev–Trinajstić information content (AvgIpc) is 2.28.